The third kappa shape index (κ3) is 4.77. The van der Waals surface area contributed by atoms with Gasteiger partial charge in [0.05, 0.1) is 30.2 Å². The predicted molar refractivity (Wildman–Crippen MR) is 119 cm³/mol. The lowest BCUT2D eigenvalue weighted by Crippen LogP contribution is -2.60. The van der Waals surface area contributed by atoms with E-state index < -0.39 is 0 Å². The minimum atomic E-state index is -0.244. The number of rotatable bonds is 7. The Morgan fingerprint density at radius 2 is 1.81 bits per heavy atom. The van der Waals surface area contributed by atoms with Gasteiger partial charge >= 0.3 is 0 Å². The van der Waals surface area contributed by atoms with Crippen molar-refractivity contribution in [1.29, 1.82) is 0 Å². The summed E-state index contributed by atoms with van der Waals surface area (Å²) in [6.07, 6.45) is 1.14. The minimum absolute atomic E-state index is 0.0453. The summed E-state index contributed by atoms with van der Waals surface area (Å²) in [5, 5.41) is 1.65. The summed E-state index contributed by atoms with van der Waals surface area (Å²) in [6.45, 7) is 9.29. The molecule has 3 saturated heterocycles. The molecule has 3 unspecified atom stereocenters. The normalized spacial score (nSPS) is 27.5. The van der Waals surface area contributed by atoms with Crippen LogP contribution in [-0.4, -0.2) is 98.6 Å². The zero-order valence-electron chi connectivity index (χ0n) is 18.7. The van der Waals surface area contributed by atoms with Gasteiger partial charge in [0.15, 0.2) is 0 Å². The number of carbonyl (C=O) groups excluding carboxylic acids is 2. The van der Waals surface area contributed by atoms with Gasteiger partial charge < -0.3 is 9.64 Å². The molecule has 0 spiro atoms. The number of nitrogens with zero attached hydrogens (tertiary/aromatic N) is 4. The molecule has 3 aliphatic heterocycles. The number of hydrogen-bond acceptors (Lipinski definition) is 6. The average molecular weight is 430 g/mol. The van der Waals surface area contributed by atoms with Gasteiger partial charge in [-0.1, -0.05) is 25.1 Å². The van der Waals surface area contributed by atoms with Crippen LogP contribution < -0.4 is 10.4 Å². The van der Waals surface area contributed by atoms with Crippen LogP contribution in [0, 0.1) is 11.8 Å². The Morgan fingerprint density at radius 3 is 2.48 bits per heavy atom. The van der Waals surface area contributed by atoms with E-state index in [1.165, 1.54) is 0 Å². The molecule has 1 N–H and O–H groups in total. The predicted octanol–water partition coefficient (Wildman–Crippen LogP) is 0.655. The van der Waals surface area contributed by atoms with E-state index in [0.29, 0.717) is 19.7 Å². The molecule has 0 aromatic heterocycles. The van der Waals surface area contributed by atoms with Crippen LogP contribution in [0.25, 0.3) is 0 Å². The molecule has 1 aromatic carbocycles. The zero-order chi connectivity index (χ0) is 21.8. The number of nitrogens with one attached hydrogen (secondary N) is 1. The molecule has 3 aliphatic rings. The second-order valence-corrected chi connectivity index (χ2v) is 8.80. The molecule has 0 bridgehead atoms. The Balaban J connectivity index is 1.51. The van der Waals surface area contributed by atoms with E-state index in [4.69, 9.17) is 4.74 Å². The summed E-state index contributed by atoms with van der Waals surface area (Å²) in [5.74, 6) is -0.264. The molecule has 170 valence electrons. The number of piperazine rings is 1. The highest BCUT2D eigenvalue weighted by atomic mass is 16.5. The second kappa shape index (κ2) is 10.1. The highest BCUT2D eigenvalue weighted by Gasteiger charge is 2.51. The Labute approximate surface area is 185 Å². The Hall–Kier alpha value is -2.00. The second-order valence-electron chi connectivity index (χ2n) is 8.80. The number of methoxy groups -OCH3 is 1. The molecule has 31 heavy (non-hydrogen) atoms. The highest BCUT2D eigenvalue weighted by Crippen LogP contribution is 2.32. The molecule has 0 saturated carbocycles. The zero-order valence-corrected chi connectivity index (χ0v) is 18.7. The molecular formula is C23H35N5O3. The van der Waals surface area contributed by atoms with Crippen LogP contribution >= 0.6 is 0 Å². The van der Waals surface area contributed by atoms with E-state index in [1.54, 1.807) is 12.1 Å². The molecule has 4 rings (SSSR count). The molecule has 2 amide bonds. The van der Waals surface area contributed by atoms with Crippen LogP contribution in [0.5, 0.6) is 0 Å². The molecular weight excluding hydrogens is 394 g/mol. The smallest absolute Gasteiger partial charge is 0.247 e. The summed E-state index contributed by atoms with van der Waals surface area (Å²) in [6, 6.07) is 9.47. The lowest BCUT2D eigenvalue weighted by Gasteiger charge is -2.42. The first-order valence-electron chi connectivity index (χ1n) is 11.5. The third-order valence-electron chi connectivity index (χ3n) is 6.76. The standard InChI is InChI=1S/C23H35N5O3/c1-3-9-25-10-12-27(13-11-25)22(29)19-16-26(14-15-31-2)17-20-21(19)24-28(23(20)30)18-7-5-4-6-8-18/h4-8,19-21,24H,3,9-17H2,1-2H3. The number of hydrogen-bond donors (Lipinski definition) is 1. The molecule has 1 aromatic rings. The maximum absolute atomic E-state index is 13.6. The van der Waals surface area contributed by atoms with Crippen LogP contribution in [0.1, 0.15) is 13.3 Å². The van der Waals surface area contributed by atoms with E-state index in [2.05, 4.69) is 22.1 Å². The fraction of sp³-hybridized carbons (Fsp3) is 0.652. The van der Waals surface area contributed by atoms with E-state index >= 15 is 0 Å². The van der Waals surface area contributed by atoms with Gasteiger partial charge in [-0.15, -0.1) is 0 Å². The highest BCUT2D eigenvalue weighted by molar-refractivity contribution is 5.98. The molecule has 0 radical (unpaired) electrons. The molecule has 8 nitrogen and oxygen atoms in total. The number of amides is 2. The number of anilines is 1. The monoisotopic (exact) mass is 429 g/mol. The number of ether oxygens (including phenoxy) is 1. The quantitative estimate of drug-likeness (QED) is 0.687. The van der Waals surface area contributed by atoms with Crippen molar-refractivity contribution in [1.82, 2.24) is 20.1 Å². The topological polar surface area (TPSA) is 68.4 Å². The Kier molecular flexibility index (Phi) is 7.22. The van der Waals surface area contributed by atoms with Crippen molar-refractivity contribution < 1.29 is 14.3 Å². The average Bonchev–Trinajstić information content (AvgIpc) is 3.14. The van der Waals surface area contributed by atoms with Crippen LogP contribution in [-0.2, 0) is 14.3 Å². The van der Waals surface area contributed by atoms with Gasteiger partial charge in [0.1, 0.15) is 0 Å². The van der Waals surface area contributed by atoms with Crippen LogP contribution in [0.4, 0.5) is 5.69 Å². The van der Waals surface area contributed by atoms with Crippen molar-refractivity contribution in [2.24, 2.45) is 11.8 Å². The molecule has 3 fully saturated rings. The van der Waals surface area contributed by atoms with Crippen molar-refractivity contribution in [2.45, 2.75) is 19.4 Å². The lowest BCUT2D eigenvalue weighted by atomic mass is 9.83. The maximum Gasteiger partial charge on any atom is 0.247 e. The minimum Gasteiger partial charge on any atom is -0.383 e. The van der Waals surface area contributed by atoms with Crippen LogP contribution in [0.2, 0.25) is 0 Å². The first-order valence-corrected chi connectivity index (χ1v) is 11.5. The van der Waals surface area contributed by atoms with E-state index in [1.807, 2.05) is 35.2 Å². The first-order chi connectivity index (χ1) is 15.1. The van der Waals surface area contributed by atoms with Crippen LogP contribution in [0.15, 0.2) is 30.3 Å². The van der Waals surface area contributed by atoms with Gasteiger partial charge in [-0.2, -0.15) is 0 Å². The number of hydrazine groups is 1. The molecule has 3 heterocycles. The Bertz CT molecular complexity index is 753. The summed E-state index contributed by atoms with van der Waals surface area (Å²) in [5.41, 5.74) is 4.23. The summed E-state index contributed by atoms with van der Waals surface area (Å²) >= 11 is 0. The fourth-order valence-electron chi connectivity index (χ4n) is 5.08. The SMILES string of the molecule is CCCN1CCN(C(=O)C2CN(CCOC)CC3C(=O)N(c4ccccc4)NC23)CC1. The maximum atomic E-state index is 13.6. The van der Waals surface area contributed by atoms with Crippen LogP contribution in [0.3, 0.4) is 0 Å². The van der Waals surface area contributed by atoms with E-state index in [-0.39, 0.29) is 29.7 Å². The van der Waals surface area contributed by atoms with Gasteiger partial charge in [0.25, 0.3) is 0 Å². The van der Waals surface area contributed by atoms with E-state index in [0.717, 1.165) is 51.4 Å². The van der Waals surface area contributed by atoms with Crippen molar-refractivity contribution in [3.05, 3.63) is 30.3 Å². The largest absolute Gasteiger partial charge is 0.383 e. The van der Waals surface area contributed by atoms with E-state index in [9.17, 15) is 9.59 Å². The number of fused-ring (bicyclic) bond motifs is 1. The third-order valence-corrected chi connectivity index (χ3v) is 6.76. The summed E-state index contributed by atoms with van der Waals surface area (Å²) in [4.78, 5) is 33.5. The number of para-hydroxylation sites is 1. The molecule has 8 heteroatoms. The lowest BCUT2D eigenvalue weighted by molar-refractivity contribution is -0.141. The number of benzene rings is 1. The number of carbonyl (C=O) groups is 2. The van der Waals surface area contributed by atoms with Gasteiger partial charge in [0.2, 0.25) is 11.8 Å². The number of piperidine rings is 1. The summed E-state index contributed by atoms with van der Waals surface area (Å²) in [7, 11) is 1.69. The van der Waals surface area contributed by atoms with Gasteiger partial charge in [-0.05, 0) is 25.1 Å². The number of likely N-dealkylation sites (tertiary alicyclic amines) is 1. The summed E-state index contributed by atoms with van der Waals surface area (Å²) < 4.78 is 5.27. The van der Waals surface area contributed by atoms with Gasteiger partial charge in [-0.25, -0.2) is 10.4 Å². The van der Waals surface area contributed by atoms with Crippen molar-refractivity contribution >= 4 is 17.5 Å². The van der Waals surface area contributed by atoms with Gasteiger partial charge in [-0.3, -0.25) is 19.4 Å². The fourth-order valence-corrected chi connectivity index (χ4v) is 5.08. The first kappa shape index (κ1) is 22.2. The molecule has 0 aliphatic carbocycles. The van der Waals surface area contributed by atoms with Crippen molar-refractivity contribution in [3.8, 4) is 0 Å². The van der Waals surface area contributed by atoms with Crippen molar-refractivity contribution in [3.63, 3.8) is 0 Å². The Morgan fingerprint density at radius 1 is 1.06 bits per heavy atom. The molecule has 3 atom stereocenters. The van der Waals surface area contributed by atoms with Crippen molar-refractivity contribution in [2.75, 3.05) is 71.1 Å². The van der Waals surface area contributed by atoms with Gasteiger partial charge in [0, 0.05) is 52.9 Å².